The minimum atomic E-state index is -0.445. The van der Waals surface area contributed by atoms with Gasteiger partial charge in [-0.05, 0) is 13.8 Å². The lowest BCUT2D eigenvalue weighted by molar-refractivity contribution is -0.386. The number of hydrogen-bond acceptors (Lipinski definition) is 6. The molecule has 0 aliphatic rings. The number of carbonyl (C=O) groups is 1. The molecule has 1 aromatic heterocycles. The number of methoxy groups -OCH3 is 1. The summed E-state index contributed by atoms with van der Waals surface area (Å²) in [6, 6.07) is 0. The Morgan fingerprint density at radius 1 is 1.36 bits per heavy atom. The molecule has 9 nitrogen and oxygen atoms in total. The van der Waals surface area contributed by atoms with E-state index >= 15 is 0 Å². The van der Waals surface area contributed by atoms with Crippen molar-refractivity contribution < 1.29 is 14.5 Å². The molecule has 2 N–H and O–H groups in total. The van der Waals surface area contributed by atoms with Crippen molar-refractivity contribution in [3.8, 4) is 0 Å². The van der Waals surface area contributed by atoms with Crippen LogP contribution in [0.4, 0.5) is 5.69 Å². The summed E-state index contributed by atoms with van der Waals surface area (Å²) in [6.45, 7) is 6.11. The van der Waals surface area contributed by atoms with Crippen molar-refractivity contribution >= 4 is 11.6 Å². The normalized spacial score (nSPS) is 10.7. The third kappa shape index (κ3) is 5.41. The molecule has 0 unspecified atom stereocenters. The standard InChI is InChI=1S/C13H23N5O4/c1-10-13(18(20)21)11(2)17(16-10)8-4-12(19)15-6-5-14-7-9-22-3/h14H,4-9H2,1-3H3,(H,15,19). The van der Waals surface area contributed by atoms with Gasteiger partial charge in [-0.15, -0.1) is 0 Å². The first-order chi connectivity index (χ1) is 10.5. The molecule has 0 fully saturated rings. The van der Waals surface area contributed by atoms with Gasteiger partial charge in [0.05, 0.1) is 18.1 Å². The SMILES string of the molecule is COCCNCCNC(=O)CCn1nc(C)c([N+](=O)[O-])c1C. The second-order valence-electron chi connectivity index (χ2n) is 4.84. The van der Waals surface area contributed by atoms with Gasteiger partial charge in [-0.3, -0.25) is 19.6 Å². The average Bonchev–Trinajstić information content (AvgIpc) is 2.75. The number of aryl methyl sites for hydroxylation is 2. The van der Waals surface area contributed by atoms with E-state index in [-0.39, 0.29) is 18.0 Å². The van der Waals surface area contributed by atoms with E-state index in [4.69, 9.17) is 4.74 Å². The number of amides is 1. The monoisotopic (exact) mass is 313 g/mol. The fraction of sp³-hybridized carbons (Fsp3) is 0.692. The number of rotatable bonds is 10. The van der Waals surface area contributed by atoms with Gasteiger partial charge < -0.3 is 15.4 Å². The molecule has 0 radical (unpaired) electrons. The Morgan fingerprint density at radius 3 is 2.68 bits per heavy atom. The third-order valence-electron chi connectivity index (χ3n) is 3.18. The first-order valence-electron chi connectivity index (χ1n) is 7.12. The lowest BCUT2D eigenvalue weighted by Crippen LogP contribution is -2.33. The van der Waals surface area contributed by atoms with E-state index in [2.05, 4.69) is 15.7 Å². The molecule has 0 atom stereocenters. The number of carbonyl (C=O) groups excluding carboxylic acids is 1. The smallest absolute Gasteiger partial charge is 0.312 e. The Hall–Kier alpha value is -2.00. The van der Waals surface area contributed by atoms with E-state index < -0.39 is 4.92 Å². The number of ether oxygens (including phenoxy) is 1. The molecule has 0 aliphatic heterocycles. The molecule has 1 heterocycles. The zero-order chi connectivity index (χ0) is 16.5. The molecule has 0 aliphatic carbocycles. The van der Waals surface area contributed by atoms with Gasteiger partial charge in [-0.2, -0.15) is 5.10 Å². The highest BCUT2D eigenvalue weighted by Crippen LogP contribution is 2.21. The third-order valence-corrected chi connectivity index (χ3v) is 3.18. The number of nitrogens with zero attached hydrogens (tertiary/aromatic N) is 3. The van der Waals surface area contributed by atoms with Crippen LogP contribution in [0.3, 0.4) is 0 Å². The predicted molar refractivity (Wildman–Crippen MR) is 80.7 cm³/mol. The molecular formula is C13H23N5O4. The van der Waals surface area contributed by atoms with Crippen molar-refractivity contribution in [1.82, 2.24) is 20.4 Å². The van der Waals surface area contributed by atoms with Gasteiger partial charge in [0, 0.05) is 33.2 Å². The molecule has 22 heavy (non-hydrogen) atoms. The summed E-state index contributed by atoms with van der Waals surface area (Å²) in [4.78, 5) is 22.2. The van der Waals surface area contributed by atoms with E-state index in [1.165, 1.54) is 4.68 Å². The summed E-state index contributed by atoms with van der Waals surface area (Å²) in [7, 11) is 1.63. The maximum atomic E-state index is 11.7. The summed E-state index contributed by atoms with van der Waals surface area (Å²) >= 11 is 0. The molecule has 0 saturated heterocycles. The van der Waals surface area contributed by atoms with Crippen molar-refractivity contribution in [2.24, 2.45) is 0 Å². The van der Waals surface area contributed by atoms with Crippen LogP contribution >= 0.6 is 0 Å². The van der Waals surface area contributed by atoms with Gasteiger partial charge in [-0.25, -0.2) is 0 Å². The largest absolute Gasteiger partial charge is 0.383 e. The molecule has 1 aromatic rings. The van der Waals surface area contributed by atoms with E-state index in [0.29, 0.717) is 37.6 Å². The number of nitrogens with one attached hydrogen (secondary N) is 2. The minimum Gasteiger partial charge on any atom is -0.383 e. The summed E-state index contributed by atoms with van der Waals surface area (Å²) in [5, 5.41) is 20.9. The van der Waals surface area contributed by atoms with E-state index in [0.717, 1.165) is 6.54 Å². The summed E-state index contributed by atoms with van der Waals surface area (Å²) in [6.07, 6.45) is 0.233. The average molecular weight is 313 g/mol. The zero-order valence-corrected chi connectivity index (χ0v) is 13.2. The molecular weight excluding hydrogens is 290 g/mol. The van der Waals surface area contributed by atoms with E-state index in [1.54, 1.807) is 21.0 Å². The molecule has 1 amide bonds. The molecule has 0 aromatic carbocycles. The molecule has 0 spiro atoms. The second-order valence-corrected chi connectivity index (χ2v) is 4.84. The van der Waals surface area contributed by atoms with Gasteiger partial charge in [0.1, 0.15) is 11.4 Å². The fourth-order valence-corrected chi connectivity index (χ4v) is 2.05. The highest BCUT2D eigenvalue weighted by molar-refractivity contribution is 5.75. The number of hydrogen-bond donors (Lipinski definition) is 2. The van der Waals surface area contributed by atoms with Gasteiger partial charge in [0.15, 0.2) is 0 Å². The fourth-order valence-electron chi connectivity index (χ4n) is 2.05. The van der Waals surface area contributed by atoms with Crippen LogP contribution in [0.2, 0.25) is 0 Å². The summed E-state index contributed by atoms with van der Waals surface area (Å²) in [5.74, 6) is -0.108. The van der Waals surface area contributed by atoms with Crippen LogP contribution in [-0.4, -0.2) is 54.0 Å². The van der Waals surface area contributed by atoms with Crippen LogP contribution in [0.1, 0.15) is 17.8 Å². The Morgan fingerprint density at radius 2 is 2.09 bits per heavy atom. The maximum Gasteiger partial charge on any atom is 0.312 e. The molecule has 9 heteroatoms. The van der Waals surface area contributed by atoms with Gasteiger partial charge in [-0.1, -0.05) is 0 Å². The van der Waals surface area contributed by atoms with Crippen LogP contribution in [0, 0.1) is 24.0 Å². The number of nitro groups is 1. The molecule has 1 rings (SSSR count). The maximum absolute atomic E-state index is 11.7. The topological polar surface area (TPSA) is 111 Å². The summed E-state index contributed by atoms with van der Waals surface area (Å²) in [5.41, 5.74) is 0.851. The number of aromatic nitrogens is 2. The molecule has 0 bridgehead atoms. The first kappa shape index (κ1) is 18.1. The lowest BCUT2D eigenvalue weighted by atomic mass is 10.3. The van der Waals surface area contributed by atoms with Crippen molar-refractivity contribution in [3.63, 3.8) is 0 Å². The summed E-state index contributed by atoms with van der Waals surface area (Å²) < 4.78 is 6.39. The second kappa shape index (κ2) is 9.11. The van der Waals surface area contributed by atoms with Crippen molar-refractivity contribution in [2.45, 2.75) is 26.8 Å². The quantitative estimate of drug-likeness (QED) is 0.361. The van der Waals surface area contributed by atoms with Crippen molar-refractivity contribution in [1.29, 1.82) is 0 Å². The molecule has 124 valence electrons. The van der Waals surface area contributed by atoms with Crippen LogP contribution in [0.15, 0.2) is 0 Å². The van der Waals surface area contributed by atoms with Gasteiger partial charge in [0.25, 0.3) is 0 Å². The van der Waals surface area contributed by atoms with E-state index in [1.807, 2.05) is 0 Å². The van der Waals surface area contributed by atoms with Crippen molar-refractivity contribution in [2.75, 3.05) is 33.4 Å². The lowest BCUT2D eigenvalue weighted by Gasteiger charge is -2.07. The highest BCUT2D eigenvalue weighted by Gasteiger charge is 2.21. The highest BCUT2D eigenvalue weighted by atomic mass is 16.6. The van der Waals surface area contributed by atoms with Crippen LogP contribution in [-0.2, 0) is 16.1 Å². The van der Waals surface area contributed by atoms with Crippen LogP contribution in [0.25, 0.3) is 0 Å². The van der Waals surface area contributed by atoms with Gasteiger partial charge in [0.2, 0.25) is 5.91 Å². The van der Waals surface area contributed by atoms with Crippen LogP contribution < -0.4 is 10.6 Å². The van der Waals surface area contributed by atoms with Crippen LogP contribution in [0.5, 0.6) is 0 Å². The zero-order valence-electron chi connectivity index (χ0n) is 13.2. The Bertz CT molecular complexity index is 515. The van der Waals surface area contributed by atoms with Crippen molar-refractivity contribution in [3.05, 3.63) is 21.5 Å². The molecule has 0 saturated carbocycles. The Balaban J connectivity index is 2.33. The van der Waals surface area contributed by atoms with Gasteiger partial charge >= 0.3 is 5.69 Å². The first-order valence-corrected chi connectivity index (χ1v) is 7.12. The Labute approximate surface area is 129 Å². The Kier molecular flexibility index (Phi) is 7.47. The predicted octanol–water partition coefficient (Wildman–Crippen LogP) is 0.150. The van der Waals surface area contributed by atoms with E-state index in [9.17, 15) is 14.9 Å². The minimum absolute atomic E-state index is 0.0164.